The maximum absolute atomic E-state index is 11.9. The lowest BCUT2D eigenvalue weighted by atomic mass is 9.98. The minimum atomic E-state index is -1.73. The fourth-order valence-corrected chi connectivity index (χ4v) is 5.39. The molecular formula is C20H15NO10S2. The Morgan fingerprint density at radius 1 is 0.970 bits per heavy atom. The van der Waals surface area contributed by atoms with E-state index in [1.165, 1.54) is 17.4 Å². The van der Waals surface area contributed by atoms with Gasteiger partial charge in [0, 0.05) is 0 Å². The average Bonchev–Trinajstić information content (AvgIpc) is 3.17. The standard InChI is InChI=1S/C20H15NO10S2/c22-16(23)9-5-6-10(11(7-9)17(24)25)15(13(31-20(28)29)8-30-19(26)27)33-18-21-12-3-1-2-4-14(12)32-18/h1-7,13,15H,8H2,(H,22,23)(H,24,25)(H,26,27)(H,28,29). The number of para-hydroxylation sites is 1. The van der Waals surface area contributed by atoms with Gasteiger partial charge in [-0.3, -0.25) is 0 Å². The van der Waals surface area contributed by atoms with E-state index in [4.69, 9.17) is 9.84 Å². The SMILES string of the molecule is O=C(O)OCC(OC(=O)O)C(Sc1nc2ccccc2s1)c1ccc(C(=O)O)cc1C(=O)O. The van der Waals surface area contributed by atoms with Crippen LogP contribution in [0.3, 0.4) is 0 Å². The number of ether oxygens (including phenoxy) is 2. The average molecular weight is 493 g/mol. The second-order valence-corrected chi connectivity index (χ2v) is 8.82. The van der Waals surface area contributed by atoms with E-state index in [9.17, 15) is 34.5 Å². The first kappa shape index (κ1) is 23.8. The van der Waals surface area contributed by atoms with E-state index in [2.05, 4.69) is 9.72 Å². The van der Waals surface area contributed by atoms with Crippen LogP contribution in [0.25, 0.3) is 10.2 Å². The number of aromatic nitrogens is 1. The molecule has 13 heteroatoms. The molecule has 2 unspecified atom stereocenters. The maximum atomic E-state index is 11.9. The topological polar surface area (TPSA) is 181 Å². The predicted molar refractivity (Wildman–Crippen MR) is 115 cm³/mol. The van der Waals surface area contributed by atoms with Crippen LogP contribution in [0.4, 0.5) is 9.59 Å². The van der Waals surface area contributed by atoms with Crippen LogP contribution in [-0.4, -0.2) is 62.4 Å². The van der Waals surface area contributed by atoms with Gasteiger partial charge in [0.25, 0.3) is 0 Å². The molecule has 3 aromatic rings. The number of nitrogens with zero attached hydrogens (tertiary/aromatic N) is 1. The van der Waals surface area contributed by atoms with Gasteiger partial charge in [-0.2, -0.15) is 0 Å². The molecule has 0 radical (unpaired) electrons. The molecule has 0 saturated heterocycles. The van der Waals surface area contributed by atoms with Crippen LogP contribution < -0.4 is 0 Å². The summed E-state index contributed by atoms with van der Waals surface area (Å²) in [4.78, 5) is 49.9. The Morgan fingerprint density at radius 3 is 2.30 bits per heavy atom. The minimum Gasteiger partial charge on any atom is -0.478 e. The highest BCUT2D eigenvalue weighted by Crippen LogP contribution is 2.43. The van der Waals surface area contributed by atoms with Gasteiger partial charge in [0.2, 0.25) is 0 Å². The molecule has 0 fully saturated rings. The highest BCUT2D eigenvalue weighted by Gasteiger charge is 2.34. The lowest BCUT2D eigenvalue weighted by Gasteiger charge is -2.25. The normalized spacial score (nSPS) is 12.6. The molecule has 2 aromatic carbocycles. The summed E-state index contributed by atoms with van der Waals surface area (Å²) in [7, 11) is 0. The molecule has 0 spiro atoms. The van der Waals surface area contributed by atoms with E-state index >= 15 is 0 Å². The van der Waals surface area contributed by atoms with E-state index in [-0.39, 0.29) is 11.1 Å². The fourth-order valence-electron chi connectivity index (χ4n) is 2.94. The number of aromatic carboxylic acids is 2. The van der Waals surface area contributed by atoms with Gasteiger partial charge in [0.1, 0.15) is 6.61 Å². The van der Waals surface area contributed by atoms with Crippen LogP contribution in [-0.2, 0) is 9.47 Å². The van der Waals surface area contributed by atoms with Crippen molar-refractivity contribution < 1.29 is 49.1 Å². The number of thiazole rings is 1. The Labute approximate surface area is 193 Å². The molecule has 4 N–H and O–H groups in total. The lowest BCUT2D eigenvalue weighted by Crippen LogP contribution is -2.30. The van der Waals surface area contributed by atoms with Gasteiger partial charge in [0.15, 0.2) is 10.4 Å². The number of hydrogen-bond donors (Lipinski definition) is 4. The maximum Gasteiger partial charge on any atom is 0.506 e. The minimum absolute atomic E-state index is 0.0111. The molecule has 0 aliphatic heterocycles. The third-order valence-corrected chi connectivity index (χ3v) is 6.77. The summed E-state index contributed by atoms with van der Waals surface area (Å²) in [5.41, 5.74) is -0.0434. The third-order valence-electron chi connectivity index (χ3n) is 4.30. The molecule has 172 valence electrons. The summed E-state index contributed by atoms with van der Waals surface area (Å²) in [6.45, 7) is -0.732. The number of carbonyl (C=O) groups is 4. The van der Waals surface area contributed by atoms with Crippen molar-refractivity contribution in [3.8, 4) is 0 Å². The van der Waals surface area contributed by atoms with Crippen molar-refractivity contribution in [1.29, 1.82) is 0 Å². The van der Waals surface area contributed by atoms with Gasteiger partial charge >= 0.3 is 24.2 Å². The zero-order chi connectivity index (χ0) is 24.1. The summed E-state index contributed by atoms with van der Waals surface area (Å²) >= 11 is 2.20. The van der Waals surface area contributed by atoms with Crippen LogP contribution in [0.15, 0.2) is 46.8 Å². The van der Waals surface area contributed by atoms with E-state index < -0.39 is 47.8 Å². The molecule has 2 atom stereocenters. The summed E-state index contributed by atoms with van der Waals surface area (Å²) in [6.07, 6.45) is -4.88. The Morgan fingerprint density at radius 2 is 1.70 bits per heavy atom. The quantitative estimate of drug-likeness (QED) is 0.246. The van der Waals surface area contributed by atoms with Crippen molar-refractivity contribution in [3.63, 3.8) is 0 Å². The number of benzene rings is 2. The molecule has 0 amide bonds. The zero-order valence-electron chi connectivity index (χ0n) is 16.4. The Bertz CT molecular complexity index is 1190. The van der Waals surface area contributed by atoms with Crippen molar-refractivity contribution in [3.05, 3.63) is 59.2 Å². The highest BCUT2D eigenvalue weighted by atomic mass is 32.2. The van der Waals surface area contributed by atoms with E-state index in [1.54, 1.807) is 18.2 Å². The van der Waals surface area contributed by atoms with E-state index in [0.29, 0.717) is 9.86 Å². The van der Waals surface area contributed by atoms with E-state index in [1.807, 2.05) is 6.07 Å². The smallest absolute Gasteiger partial charge is 0.478 e. The summed E-state index contributed by atoms with van der Waals surface area (Å²) < 4.78 is 10.6. The van der Waals surface area contributed by atoms with Gasteiger partial charge in [-0.25, -0.2) is 24.2 Å². The molecule has 0 aliphatic carbocycles. The van der Waals surface area contributed by atoms with Gasteiger partial charge in [-0.05, 0) is 29.8 Å². The third kappa shape index (κ3) is 5.90. The van der Waals surface area contributed by atoms with Crippen LogP contribution in [0.5, 0.6) is 0 Å². The van der Waals surface area contributed by atoms with Crippen molar-refractivity contribution in [2.45, 2.75) is 15.7 Å². The summed E-state index contributed by atoms with van der Waals surface area (Å²) in [6, 6.07) is 10.5. The van der Waals surface area contributed by atoms with Crippen LogP contribution in [0, 0.1) is 0 Å². The Balaban J connectivity index is 2.12. The molecule has 11 nitrogen and oxygen atoms in total. The first-order chi connectivity index (χ1) is 15.7. The second-order valence-electron chi connectivity index (χ2n) is 6.40. The lowest BCUT2D eigenvalue weighted by molar-refractivity contribution is 0.00405. The largest absolute Gasteiger partial charge is 0.506 e. The molecule has 1 aromatic heterocycles. The van der Waals surface area contributed by atoms with Gasteiger partial charge in [-0.1, -0.05) is 30.0 Å². The first-order valence-electron chi connectivity index (χ1n) is 9.03. The van der Waals surface area contributed by atoms with E-state index in [0.717, 1.165) is 28.6 Å². The van der Waals surface area contributed by atoms with Crippen molar-refractivity contribution in [2.75, 3.05) is 6.61 Å². The second kappa shape index (κ2) is 10.2. The van der Waals surface area contributed by atoms with Crippen LogP contribution in [0.1, 0.15) is 31.5 Å². The number of hydrogen-bond acceptors (Lipinski definition) is 9. The van der Waals surface area contributed by atoms with Gasteiger partial charge in [0.05, 0.1) is 26.6 Å². The molecule has 33 heavy (non-hydrogen) atoms. The fraction of sp³-hybridized carbons (Fsp3) is 0.150. The molecule has 0 bridgehead atoms. The molecule has 0 aliphatic rings. The first-order valence-corrected chi connectivity index (χ1v) is 10.7. The Kier molecular flexibility index (Phi) is 7.35. The number of carboxylic acid groups (broad SMARTS) is 4. The highest BCUT2D eigenvalue weighted by molar-refractivity contribution is 8.01. The summed E-state index contributed by atoms with van der Waals surface area (Å²) in [5, 5.41) is 35.8. The monoisotopic (exact) mass is 493 g/mol. The van der Waals surface area contributed by atoms with Gasteiger partial charge in [-0.15, -0.1) is 11.3 Å². The predicted octanol–water partition coefficient (Wildman–Crippen LogP) is 4.28. The molecule has 1 heterocycles. The van der Waals surface area contributed by atoms with Crippen molar-refractivity contribution in [2.24, 2.45) is 0 Å². The summed E-state index contributed by atoms with van der Waals surface area (Å²) in [5.74, 6) is -2.82. The number of thioether (sulfide) groups is 1. The Hall–Kier alpha value is -3.84. The van der Waals surface area contributed by atoms with Crippen LogP contribution >= 0.6 is 23.1 Å². The van der Waals surface area contributed by atoms with Crippen molar-refractivity contribution in [1.82, 2.24) is 4.98 Å². The number of carboxylic acids is 2. The number of fused-ring (bicyclic) bond motifs is 1. The van der Waals surface area contributed by atoms with Crippen LogP contribution in [0.2, 0.25) is 0 Å². The molecule has 0 saturated carbocycles. The van der Waals surface area contributed by atoms with Crippen molar-refractivity contribution >= 4 is 57.6 Å². The molecular weight excluding hydrogens is 478 g/mol. The zero-order valence-corrected chi connectivity index (χ0v) is 18.0. The number of rotatable bonds is 9. The molecule has 3 rings (SSSR count). The van der Waals surface area contributed by atoms with Gasteiger partial charge < -0.3 is 29.9 Å².